The fourth-order valence-electron chi connectivity index (χ4n) is 1.29. The third-order valence-electron chi connectivity index (χ3n) is 2.02. The number of carbonyl (C=O) groups is 1. The van der Waals surface area contributed by atoms with Crippen molar-refractivity contribution in [3.63, 3.8) is 0 Å². The van der Waals surface area contributed by atoms with E-state index < -0.39 is 17.6 Å². The summed E-state index contributed by atoms with van der Waals surface area (Å²) < 4.78 is 25.2. The maximum Gasteiger partial charge on any atom is 0.264 e. The van der Waals surface area contributed by atoms with Crippen molar-refractivity contribution in [2.75, 3.05) is 5.73 Å². The lowest BCUT2D eigenvalue weighted by Gasteiger charge is -2.14. The van der Waals surface area contributed by atoms with Gasteiger partial charge in [-0.25, -0.2) is 8.78 Å². The molecule has 2 nitrogen and oxygen atoms in total. The first-order valence-corrected chi connectivity index (χ1v) is 4.69. The van der Waals surface area contributed by atoms with Crippen LogP contribution in [0.3, 0.4) is 0 Å². The van der Waals surface area contributed by atoms with Gasteiger partial charge in [-0.15, -0.1) is 11.6 Å². The average Bonchev–Trinajstić information content (AvgIpc) is 2.16. The molecule has 0 bridgehead atoms. The van der Waals surface area contributed by atoms with Crippen LogP contribution < -0.4 is 5.73 Å². The van der Waals surface area contributed by atoms with Crippen LogP contribution in [0.4, 0.5) is 14.5 Å². The third-order valence-corrected chi connectivity index (χ3v) is 2.54. The number of carbonyl (C=O) groups excluding carboxylic acids is 1. The van der Waals surface area contributed by atoms with Gasteiger partial charge in [-0.1, -0.05) is 12.1 Å². The van der Waals surface area contributed by atoms with Crippen LogP contribution in [-0.2, 0) is 4.79 Å². The lowest BCUT2D eigenvalue weighted by Crippen LogP contribution is -2.09. The van der Waals surface area contributed by atoms with Gasteiger partial charge in [0.15, 0.2) is 5.78 Å². The number of ketones is 1. The van der Waals surface area contributed by atoms with Gasteiger partial charge in [0.05, 0.1) is 0 Å². The van der Waals surface area contributed by atoms with E-state index in [1.54, 1.807) is 0 Å². The Labute approximate surface area is 91.0 Å². The zero-order valence-electron chi connectivity index (χ0n) is 8.01. The lowest BCUT2D eigenvalue weighted by atomic mass is 10.0. The summed E-state index contributed by atoms with van der Waals surface area (Å²) in [6, 6.07) is 4.07. The monoisotopic (exact) mass is 233 g/mol. The Morgan fingerprint density at radius 3 is 2.53 bits per heavy atom. The predicted octanol–water partition coefficient (Wildman–Crippen LogP) is 3.08. The van der Waals surface area contributed by atoms with Gasteiger partial charge >= 0.3 is 0 Å². The van der Waals surface area contributed by atoms with Crippen LogP contribution in [0.5, 0.6) is 0 Å². The molecular weight excluding hydrogens is 224 g/mol. The van der Waals surface area contributed by atoms with Gasteiger partial charge < -0.3 is 5.73 Å². The molecule has 1 aromatic rings. The van der Waals surface area contributed by atoms with Crippen molar-refractivity contribution in [2.45, 2.75) is 18.7 Å². The van der Waals surface area contributed by atoms with E-state index in [1.165, 1.54) is 25.1 Å². The molecule has 0 heterocycles. The van der Waals surface area contributed by atoms with Crippen LogP contribution in [0.25, 0.3) is 0 Å². The fourth-order valence-corrected chi connectivity index (χ4v) is 1.54. The fraction of sp³-hybridized carbons (Fsp3) is 0.300. The summed E-state index contributed by atoms with van der Waals surface area (Å²) in [7, 11) is 0. The third kappa shape index (κ3) is 2.45. The van der Waals surface area contributed by atoms with Crippen molar-refractivity contribution < 1.29 is 13.6 Å². The van der Waals surface area contributed by atoms with Crippen LogP contribution in [-0.4, -0.2) is 5.78 Å². The minimum absolute atomic E-state index is 0.0154. The minimum atomic E-state index is -2.69. The minimum Gasteiger partial charge on any atom is -0.398 e. The average molecular weight is 234 g/mol. The highest BCUT2D eigenvalue weighted by molar-refractivity contribution is 6.31. The van der Waals surface area contributed by atoms with E-state index in [0.29, 0.717) is 0 Å². The molecule has 82 valence electrons. The number of nitrogen functional groups attached to an aromatic ring is 1. The Balaban J connectivity index is 3.30. The van der Waals surface area contributed by atoms with Crippen LogP contribution in [0.15, 0.2) is 18.2 Å². The van der Waals surface area contributed by atoms with E-state index in [-0.39, 0.29) is 16.8 Å². The molecule has 0 amide bonds. The highest BCUT2D eigenvalue weighted by Gasteiger charge is 2.23. The summed E-state index contributed by atoms with van der Waals surface area (Å²) in [6.07, 6.45) is -2.69. The van der Waals surface area contributed by atoms with Gasteiger partial charge in [-0.2, -0.15) is 0 Å². The van der Waals surface area contributed by atoms with Gasteiger partial charge in [-0.3, -0.25) is 4.79 Å². The second-order valence-electron chi connectivity index (χ2n) is 3.12. The van der Waals surface area contributed by atoms with Gasteiger partial charge in [0.1, 0.15) is 5.38 Å². The van der Waals surface area contributed by atoms with Gasteiger partial charge in [0.25, 0.3) is 6.43 Å². The lowest BCUT2D eigenvalue weighted by molar-refractivity contribution is -0.116. The molecule has 1 atom stereocenters. The SMILES string of the molecule is CC(=O)C(Cl)c1c(N)cccc1C(F)F. The van der Waals surface area contributed by atoms with E-state index >= 15 is 0 Å². The van der Waals surface area contributed by atoms with Crippen molar-refractivity contribution in [1.82, 2.24) is 0 Å². The Kier molecular flexibility index (Phi) is 3.63. The van der Waals surface area contributed by atoms with Crippen molar-refractivity contribution in [1.29, 1.82) is 0 Å². The number of halogens is 3. The summed E-state index contributed by atoms with van der Waals surface area (Å²) in [5.74, 6) is -0.406. The largest absolute Gasteiger partial charge is 0.398 e. The number of hydrogen-bond donors (Lipinski definition) is 1. The molecule has 1 aromatic carbocycles. The quantitative estimate of drug-likeness (QED) is 0.644. The number of benzene rings is 1. The standard InChI is InChI=1S/C10H10ClF2NO/c1-5(15)9(11)8-6(10(12)13)3-2-4-7(8)14/h2-4,9-10H,14H2,1H3. The number of rotatable bonds is 3. The number of hydrogen-bond acceptors (Lipinski definition) is 2. The second kappa shape index (κ2) is 4.57. The molecule has 0 spiro atoms. The van der Waals surface area contributed by atoms with Crippen LogP contribution in [0, 0.1) is 0 Å². The highest BCUT2D eigenvalue weighted by atomic mass is 35.5. The van der Waals surface area contributed by atoms with Crippen LogP contribution in [0.1, 0.15) is 29.9 Å². The second-order valence-corrected chi connectivity index (χ2v) is 3.56. The molecule has 0 aliphatic heterocycles. The van der Waals surface area contributed by atoms with E-state index in [0.717, 1.165) is 0 Å². The molecule has 5 heteroatoms. The topological polar surface area (TPSA) is 43.1 Å². The normalized spacial score (nSPS) is 12.9. The molecule has 15 heavy (non-hydrogen) atoms. The summed E-state index contributed by atoms with van der Waals surface area (Å²) >= 11 is 5.73. The molecule has 1 rings (SSSR count). The van der Waals surface area contributed by atoms with Crippen molar-refractivity contribution in [2.24, 2.45) is 0 Å². The first kappa shape index (κ1) is 11.9. The molecule has 0 radical (unpaired) electrons. The predicted molar refractivity (Wildman–Crippen MR) is 55.1 cm³/mol. The summed E-state index contributed by atoms with van der Waals surface area (Å²) in [5.41, 5.74) is 5.37. The van der Waals surface area contributed by atoms with Gasteiger partial charge in [0, 0.05) is 16.8 Å². The number of anilines is 1. The summed E-state index contributed by atoms with van der Waals surface area (Å²) in [6.45, 7) is 1.24. The molecule has 0 saturated heterocycles. The number of alkyl halides is 3. The van der Waals surface area contributed by atoms with E-state index in [1.807, 2.05) is 0 Å². The Hall–Kier alpha value is -1.16. The highest BCUT2D eigenvalue weighted by Crippen LogP contribution is 2.35. The number of nitrogens with two attached hydrogens (primary N) is 1. The number of Topliss-reactive ketones (excluding diaryl/α,β-unsaturated/α-hetero) is 1. The first-order chi connectivity index (χ1) is 6.95. The smallest absolute Gasteiger partial charge is 0.264 e. The van der Waals surface area contributed by atoms with Crippen LogP contribution in [0.2, 0.25) is 0 Å². The molecule has 2 N–H and O–H groups in total. The van der Waals surface area contributed by atoms with Crippen molar-refractivity contribution in [3.8, 4) is 0 Å². The molecule has 1 unspecified atom stereocenters. The Morgan fingerprint density at radius 2 is 2.07 bits per heavy atom. The van der Waals surface area contributed by atoms with Gasteiger partial charge in [0.2, 0.25) is 0 Å². The van der Waals surface area contributed by atoms with Crippen LogP contribution >= 0.6 is 11.6 Å². The molecule has 0 fully saturated rings. The summed E-state index contributed by atoms with van der Waals surface area (Å²) in [4.78, 5) is 11.0. The van der Waals surface area contributed by atoms with Crippen molar-refractivity contribution in [3.05, 3.63) is 29.3 Å². The van der Waals surface area contributed by atoms with E-state index in [4.69, 9.17) is 17.3 Å². The first-order valence-electron chi connectivity index (χ1n) is 4.26. The Bertz CT molecular complexity index is 382. The van der Waals surface area contributed by atoms with Crippen molar-refractivity contribution >= 4 is 23.1 Å². The maximum absolute atomic E-state index is 12.6. The molecule has 0 aromatic heterocycles. The molecule has 0 aliphatic rings. The summed E-state index contributed by atoms with van der Waals surface area (Å²) in [5, 5.41) is -1.12. The van der Waals surface area contributed by atoms with E-state index in [2.05, 4.69) is 0 Å². The van der Waals surface area contributed by atoms with E-state index in [9.17, 15) is 13.6 Å². The Morgan fingerprint density at radius 1 is 1.47 bits per heavy atom. The van der Waals surface area contributed by atoms with Gasteiger partial charge in [-0.05, 0) is 13.0 Å². The zero-order valence-corrected chi connectivity index (χ0v) is 8.76. The molecule has 0 aliphatic carbocycles. The molecule has 0 saturated carbocycles. The molecular formula is C10H10ClF2NO. The maximum atomic E-state index is 12.6. The zero-order chi connectivity index (χ0) is 11.6.